The molecule has 0 saturated heterocycles. The van der Waals surface area contributed by atoms with Crippen LogP contribution in [-0.2, 0) is 10.2 Å². The minimum absolute atomic E-state index is 0.0239. The molecule has 0 aliphatic rings. The molecule has 1 atom stereocenters. The smallest absolute Gasteiger partial charge is 0.278 e. The summed E-state index contributed by atoms with van der Waals surface area (Å²) in [7, 11) is -0.732. The molecule has 4 rings (SSSR count). The van der Waals surface area contributed by atoms with E-state index in [1.165, 1.54) is 31.0 Å². The van der Waals surface area contributed by atoms with E-state index in [0.29, 0.717) is 27.7 Å². The molecule has 13 heteroatoms. The number of H-pyrrole nitrogens is 1. The zero-order valence-electron chi connectivity index (χ0n) is 19.7. The summed E-state index contributed by atoms with van der Waals surface area (Å²) < 4.78 is 55.0. The van der Waals surface area contributed by atoms with Crippen molar-refractivity contribution >= 4 is 26.6 Å². The molecule has 0 saturated carbocycles. The first-order valence-electron chi connectivity index (χ1n) is 10.8. The zero-order chi connectivity index (χ0) is 25.3. The van der Waals surface area contributed by atoms with Crippen LogP contribution in [0.3, 0.4) is 0 Å². The summed E-state index contributed by atoms with van der Waals surface area (Å²) in [6, 6.07) is 4.97. The van der Waals surface area contributed by atoms with E-state index < -0.39 is 22.1 Å². The first-order chi connectivity index (χ1) is 16.6. The molecule has 0 aliphatic carbocycles. The average Bonchev–Trinajstić information content (AvgIpc) is 3.34. The van der Waals surface area contributed by atoms with Crippen LogP contribution in [0.15, 0.2) is 30.7 Å². The van der Waals surface area contributed by atoms with E-state index in [0.717, 1.165) is 10.00 Å². The predicted molar refractivity (Wildman–Crippen MR) is 128 cm³/mol. The maximum absolute atomic E-state index is 15.0. The van der Waals surface area contributed by atoms with Gasteiger partial charge in [0.2, 0.25) is 5.88 Å². The number of aliphatic hydroxyl groups is 1. The second-order valence-electron chi connectivity index (χ2n) is 8.31. The highest BCUT2D eigenvalue weighted by atomic mass is 32.2. The minimum Gasteiger partial charge on any atom is -0.489 e. The second-order valence-corrected chi connectivity index (χ2v) is 10.3. The molecule has 188 valence electrons. The third kappa shape index (κ3) is 5.22. The van der Waals surface area contributed by atoms with E-state index in [9.17, 15) is 13.5 Å². The van der Waals surface area contributed by atoms with Gasteiger partial charge in [-0.1, -0.05) is 0 Å². The fraction of sp³-hybridized carbons (Fsp3) is 0.364. The topological polar surface area (TPSA) is 134 Å². The van der Waals surface area contributed by atoms with Gasteiger partial charge in [0.1, 0.15) is 24.2 Å². The van der Waals surface area contributed by atoms with Crippen molar-refractivity contribution in [1.82, 2.24) is 28.6 Å². The monoisotopic (exact) mass is 506 g/mol. The number of aryl methyl sites for hydroxylation is 2. The van der Waals surface area contributed by atoms with Crippen molar-refractivity contribution in [2.75, 3.05) is 27.2 Å². The Morgan fingerprint density at radius 3 is 2.80 bits per heavy atom. The van der Waals surface area contributed by atoms with Gasteiger partial charge >= 0.3 is 0 Å². The van der Waals surface area contributed by atoms with Crippen LogP contribution in [0.25, 0.3) is 16.4 Å². The fourth-order valence-electron chi connectivity index (χ4n) is 3.55. The molecule has 3 N–H and O–H groups in total. The zero-order valence-corrected chi connectivity index (χ0v) is 20.6. The van der Waals surface area contributed by atoms with Crippen molar-refractivity contribution in [2.24, 2.45) is 0 Å². The van der Waals surface area contributed by atoms with Crippen molar-refractivity contribution in [3.8, 4) is 17.4 Å². The molecule has 1 unspecified atom stereocenters. The van der Waals surface area contributed by atoms with Gasteiger partial charge < -0.3 is 19.6 Å². The Balaban J connectivity index is 1.48. The molecule has 0 fully saturated rings. The van der Waals surface area contributed by atoms with Gasteiger partial charge in [-0.05, 0) is 38.5 Å². The minimum atomic E-state index is -3.56. The van der Waals surface area contributed by atoms with E-state index in [2.05, 4.69) is 19.8 Å². The van der Waals surface area contributed by atoms with Crippen molar-refractivity contribution in [2.45, 2.75) is 26.4 Å². The lowest BCUT2D eigenvalue weighted by atomic mass is 10.2. The number of nitrogens with one attached hydrogen (secondary N) is 2. The first kappa shape index (κ1) is 24.9. The first-order valence-corrected chi connectivity index (χ1v) is 12.3. The number of rotatable bonds is 10. The second kappa shape index (κ2) is 9.77. The number of nitrogens with zero attached hydrogens (tertiary/aromatic N) is 4. The summed E-state index contributed by atoms with van der Waals surface area (Å²) in [5.74, 6) is 0.102. The third-order valence-corrected chi connectivity index (χ3v) is 7.00. The van der Waals surface area contributed by atoms with E-state index in [-0.39, 0.29) is 31.2 Å². The molecule has 35 heavy (non-hydrogen) atoms. The average molecular weight is 507 g/mol. The number of fused-ring (bicyclic) bond motifs is 2. The van der Waals surface area contributed by atoms with Crippen LogP contribution in [0.5, 0.6) is 17.4 Å². The molecule has 1 aromatic carbocycles. The maximum Gasteiger partial charge on any atom is 0.278 e. The molecular formula is C22H27FN6O5S. The van der Waals surface area contributed by atoms with E-state index >= 15 is 4.39 Å². The van der Waals surface area contributed by atoms with Gasteiger partial charge in [0.25, 0.3) is 10.2 Å². The van der Waals surface area contributed by atoms with E-state index in [1.54, 1.807) is 25.3 Å². The van der Waals surface area contributed by atoms with Crippen molar-refractivity contribution in [3.05, 3.63) is 47.8 Å². The normalized spacial score (nSPS) is 13.1. The lowest BCUT2D eigenvalue weighted by Crippen LogP contribution is -2.37. The van der Waals surface area contributed by atoms with Crippen LogP contribution < -0.4 is 14.2 Å². The number of benzene rings is 1. The standard InChI is InChI=1S/C22H27FN6O5S/c1-13-9-16-17(27-13)5-6-18(20(16)23)34-22-21-14(2)19(10-29(21)25-12-24-22)33-11-15(30)7-8-26-35(31,32)28(3)4/h5-6,9-10,12,15,26-27,30H,7-8,11H2,1-4H3. The molecule has 0 spiro atoms. The Labute approximate surface area is 201 Å². The lowest BCUT2D eigenvalue weighted by Gasteiger charge is -2.15. The molecule has 0 bridgehead atoms. The van der Waals surface area contributed by atoms with Crippen LogP contribution >= 0.6 is 0 Å². The predicted octanol–water partition coefficient (Wildman–Crippen LogP) is 2.28. The van der Waals surface area contributed by atoms with Crippen LogP contribution in [0.2, 0.25) is 0 Å². The van der Waals surface area contributed by atoms with E-state index in [1.807, 2.05) is 6.92 Å². The molecule has 3 aromatic heterocycles. The van der Waals surface area contributed by atoms with Crippen LogP contribution in [0.1, 0.15) is 17.7 Å². The van der Waals surface area contributed by atoms with Crippen LogP contribution in [0.4, 0.5) is 4.39 Å². The quantitative estimate of drug-likeness (QED) is 0.300. The van der Waals surface area contributed by atoms with Crippen molar-refractivity contribution in [1.29, 1.82) is 0 Å². The Morgan fingerprint density at radius 1 is 1.29 bits per heavy atom. The Bertz CT molecular complexity index is 1470. The number of halogens is 1. The van der Waals surface area contributed by atoms with Gasteiger partial charge in [-0.3, -0.25) is 0 Å². The Kier molecular flexibility index (Phi) is 6.94. The Morgan fingerprint density at radius 2 is 2.06 bits per heavy atom. The van der Waals surface area contributed by atoms with Gasteiger partial charge in [0.15, 0.2) is 11.6 Å². The SMILES string of the molecule is Cc1cc2c(F)c(Oc3ncnn4cc(OCC(O)CCNS(=O)(=O)N(C)C)c(C)c34)ccc2[nH]1. The molecule has 11 nitrogen and oxygen atoms in total. The van der Waals surface area contributed by atoms with E-state index in [4.69, 9.17) is 9.47 Å². The van der Waals surface area contributed by atoms with Gasteiger partial charge in [0, 0.05) is 42.8 Å². The molecule has 0 radical (unpaired) electrons. The summed E-state index contributed by atoms with van der Waals surface area (Å²) in [6.45, 7) is 3.61. The number of aliphatic hydroxyl groups excluding tert-OH is 1. The van der Waals surface area contributed by atoms with Crippen molar-refractivity contribution in [3.63, 3.8) is 0 Å². The number of ether oxygens (including phenoxy) is 2. The highest BCUT2D eigenvalue weighted by molar-refractivity contribution is 7.87. The molecule has 0 aliphatic heterocycles. The summed E-state index contributed by atoms with van der Waals surface area (Å²) in [5, 5.41) is 14.8. The van der Waals surface area contributed by atoms with Gasteiger partial charge in [-0.15, -0.1) is 0 Å². The lowest BCUT2D eigenvalue weighted by molar-refractivity contribution is 0.101. The fourth-order valence-corrected chi connectivity index (χ4v) is 4.18. The summed E-state index contributed by atoms with van der Waals surface area (Å²) in [5.41, 5.74) is 2.63. The maximum atomic E-state index is 15.0. The summed E-state index contributed by atoms with van der Waals surface area (Å²) in [6.07, 6.45) is 2.15. The summed E-state index contributed by atoms with van der Waals surface area (Å²) in [4.78, 5) is 7.26. The number of aromatic amines is 1. The van der Waals surface area contributed by atoms with Gasteiger partial charge in [-0.2, -0.15) is 22.8 Å². The highest BCUT2D eigenvalue weighted by Gasteiger charge is 2.19. The summed E-state index contributed by atoms with van der Waals surface area (Å²) >= 11 is 0. The number of aromatic nitrogens is 4. The molecule has 4 aromatic rings. The third-order valence-electron chi connectivity index (χ3n) is 5.46. The van der Waals surface area contributed by atoms with Crippen molar-refractivity contribution < 1.29 is 27.4 Å². The molecular weight excluding hydrogens is 479 g/mol. The van der Waals surface area contributed by atoms with Crippen LogP contribution in [-0.4, -0.2) is 70.8 Å². The van der Waals surface area contributed by atoms with Gasteiger partial charge in [0.05, 0.1) is 12.3 Å². The Hall–Kier alpha value is -3.26. The highest BCUT2D eigenvalue weighted by Crippen LogP contribution is 2.34. The number of hydrogen-bond acceptors (Lipinski definition) is 7. The van der Waals surface area contributed by atoms with Crippen LogP contribution in [0, 0.1) is 19.7 Å². The van der Waals surface area contributed by atoms with Gasteiger partial charge in [-0.25, -0.2) is 13.6 Å². The molecule has 0 amide bonds. The molecule has 3 heterocycles. The largest absolute Gasteiger partial charge is 0.489 e. The number of hydrogen-bond donors (Lipinski definition) is 3.